The van der Waals surface area contributed by atoms with E-state index in [1.54, 1.807) is 0 Å². The standard InChI is InChI=1S/C17H33N3O/c1-13-7-6-10-17(11-13,20(2)3)12-19-16(21)14-8-4-5-9-15(14)18/h13-15H,4-12,18H2,1-3H3,(H,19,21). The molecule has 2 aliphatic carbocycles. The summed E-state index contributed by atoms with van der Waals surface area (Å²) in [6.07, 6.45) is 9.20. The molecule has 0 saturated heterocycles. The van der Waals surface area contributed by atoms with Gasteiger partial charge in [-0.25, -0.2) is 0 Å². The quantitative estimate of drug-likeness (QED) is 0.835. The predicted molar refractivity (Wildman–Crippen MR) is 87.0 cm³/mol. The maximum atomic E-state index is 12.5. The van der Waals surface area contributed by atoms with Gasteiger partial charge in [0.1, 0.15) is 0 Å². The van der Waals surface area contributed by atoms with Crippen LogP contribution in [0.15, 0.2) is 0 Å². The van der Waals surface area contributed by atoms with Crippen LogP contribution in [0.1, 0.15) is 58.3 Å². The maximum absolute atomic E-state index is 12.5. The fourth-order valence-corrected chi connectivity index (χ4v) is 4.23. The van der Waals surface area contributed by atoms with Crippen molar-refractivity contribution in [3.63, 3.8) is 0 Å². The molecule has 4 atom stereocenters. The number of nitrogens with two attached hydrogens (primary N) is 1. The van der Waals surface area contributed by atoms with Crippen LogP contribution in [0.4, 0.5) is 0 Å². The van der Waals surface area contributed by atoms with E-state index in [4.69, 9.17) is 5.73 Å². The smallest absolute Gasteiger partial charge is 0.224 e. The Balaban J connectivity index is 1.93. The Labute approximate surface area is 129 Å². The number of likely N-dealkylation sites (N-methyl/N-ethyl adjacent to an activating group) is 1. The summed E-state index contributed by atoms with van der Waals surface area (Å²) in [4.78, 5) is 14.8. The molecule has 4 heteroatoms. The number of nitrogens with zero attached hydrogens (tertiary/aromatic N) is 1. The van der Waals surface area contributed by atoms with Crippen molar-refractivity contribution in [1.82, 2.24) is 10.2 Å². The molecule has 2 aliphatic rings. The van der Waals surface area contributed by atoms with Crippen molar-refractivity contribution < 1.29 is 4.79 Å². The zero-order valence-electron chi connectivity index (χ0n) is 14.0. The summed E-state index contributed by atoms with van der Waals surface area (Å²) in [5, 5.41) is 3.23. The summed E-state index contributed by atoms with van der Waals surface area (Å²) in [7, 11) is 4.30. The average Bonchev–Trinajstić information content (AvgIpc) is 2.45. The SMILES string of the molecule is CC1CCCC(CNC(=O)C2CCCCC2N)(N(C)C)C1. The van der Waals surface area contributed by atoms with Crippen LogP contribution in [-0.4, -0.2) is 43.0 Å². The third kappa shape index (κ3) is 3.98. The average molecular weight is 295 g/mol. The van der Waals surface area contributed by atoms with Gasteiger partial charge in [0.25, 0.3) is 0 Å². The second kappa shape index (κ2) is 7.10. The van der Waals surface area contributed by atoms with Gasteiger partial charge < -0.3 is 16.0 Å². The van der Waals surface area contributed by atoms with Crippen LogP contribution in [0.25, 0.3) is 0 Å². The largest absolute Gasteiger partial charge is 0.354 e. The molecule has 3 N–H and O–H groups in total. The third-order valence-corrected chi connectivity index (χ3v) is 5.76. The lowest BCUT2D eigenvalue weighted by Crippen LogP contribution is -2.56. The summed E-state index contributed by atoms with van der Waals surface area (Å²) in [5.41, 5.74) is 6.26. The lowest BCUT2D eigenvalue weighted by Gasteiger charge is -2.45. The molecule has 4 nitrogen and oxygen atoms in total. The fourth-order valence-electron chi connectivity index (χ4n) is 4.23. The van der Waals surface area contributed by atoms with E-state index >= 15 is 0 Å². The van der Waals surface area contributed by atoms with E-state index in [0.717, 1.165) is 31.7 Å². The van der Waals surface area contributed by atoms with E-state index in [2.05, 4.69) is 31.2 Å². The Morgan fingerprint density at radius 3 is 2.57 bits per heavy atom. The molecule has 0 radical (unpaired) electrons. The molecule has 0 aromatic rings. The number of carbonyl (C=O) groups excluding carboxylic acids is 1. The minimum Gasteiger partial charge on any atom is -0.354 e. The zero-order valence-corrected chi connectivity index (χ0v) is 14.0. The van der Waals surface area contributed by atoms with Gasteiger partial charge in [0, 0.05) is 18.1 Å². The van der Waals surface area contributed by atoms with Crippen LogP contribution < -0.4 is 11.1 Å². The minimum absolute atomic E-state index is 0.0268. The summed E-state index contributed by atoms with van der Waals surface area (Å²) in [5.74, 6) is 0.954. The molecule has 122 valence electrons. The van der Waals surface area contributed by atoms with Crippen molar-refractivity contribution in [1.29, 1.82) is 0 Å². The second-order valence-electron chi connectivity index (χ2n) is 7.59. The van der Waals surface area contributed by atoms with E-state index in [-0.39, 0.29) is 23.4 Å². The first kappa shape index (κ1) is 16.8. The number of rotatable bonds is 4. The molecule has 0 aromatic carbocycles. The van der Waals surface area contributed by atoms with Gasteiger partial charge in [0.05, 0.1) is 5.92 Å². The molecule has 21 heavy (non-hydrogen) atoms. The number of amides is 1. The highest BCUT2D eigenvalue weighted by atomic mass is 16.1. The van der Waals surface area contributed by atoms with Crippen LogP contribution in [0.5, 0.6) is 0 Å². The third-order valence-electron chi connectivity index (χ3n) is 5.76. The van der Waals surface area contributed by atoms with Gasteiger partial charge in [0.2, 0.25) is 5.91 Å². The van der Waals surface area contributed by atoms with E-state index in [0.29, 0.717) is 0 Å². The van der Waals surface area contributed by atoms with Gasteiger partial charge in [-0.05, 0) is 45.7 Å². The van der Waals surface area contributed by atoms with Crippen molar-refractivity contribution in [2.75, 3.05) is 20.6 Å². The van der Waals surface area contributed by atoms with Gasteiger partial charge in [-0.1, -0.05) is 32.6 Å². The monoisotopic (exact) mass is 295 g/mol. The molecule has 0 bridgehead atoms. The predicted octanol–water partition coefficient (Wildman–Crippen LogP) is 2.13. The number of carbonyl (C=O) groups is 1. The molecule has 0 heterocycles. The summed E-state index contributed by atoms with van der Waals surface area (Å²) >= 11 is 0. The van der Waals surface area contributed by atoms with Crippen LogP contribution in [0.2, 0.25) is 0 Å². The first-order valence-corrected chi connectivity index (χ1v) is 8.65. The van der Waals surface area contributed by atoms with E-state index < -0.39 is 0 Å². The van der Waals surface area contributed by atoms with Gasteiger partial charge >= 0.3 is 0 Å². The Morgan fingerprint density at radius 1 is 1.24 bits per heavy atom. The Hall–Kier alpha value is -0.610. The van der Waals surface area contributed by atoms with Gasteiger partial charge in [-0.15, -0.1) is 0 Å². The molecule has 0 aliphatic heterocycles. The lowest BCUT2D eigenvalue weighted by molar-refractivity contribution is -0.127. The van der Waals surface area contributed by atoms with E-state index in [9.17, 15) is 4.79 Å². The van der Waals surface area contributed by atoms with Crippen LogP contribution in [0.3, 0.4) is 0 Å². The van der Waals surface area contributed by atoms with Crippen molar-refractivity contribution in [2.45, 2.75) is 69.9 Å². The first-order valence-electron chi connectivity index (χ1n) is 8.65. The lowest BCUT2D eigenvalue weighted by atomic mass is 9.75. The first-order chi connectivity index (χ1) is 9.94. The van der Waals surface area contributed by atoms with Gasteiger partial charge in [-0.2, -0.15) is 0 Å². The number of hydrogen-bond donors (Lipinski definition) is 2. The van der Waals surface area contributed by atoms with Gasteiger partial charge in [-0.3, -0.25) is 4.79 Å². The number of hydrogen-bond acceptors (Lipinski definition) is 3. The highest BCUT2D eigenvalue weighted by Gasteiger charge is 2.38. The van der Waals surface area contributed by atoms with Crippen molar-refractivity contribution in [3.05, 3.63) is 0 Å². The second-order valence-corrected chi connectivity index (χ2v) is 7.59. The van der Waals surface area contributed by atoms with Crippen LogP contribution in [-0.2, 0) is 4.79 Å². The topological polar surface area (TPSA) is 58.4 Å². The Morgan fingerprint density at radius 2 is 1.95 bits per heavy atom. The molecular weight excluding hydrogens is 262 g/mol. The molecule has 2 rings (SSSR count). The highest BCUT2D eigenvalue weighted by Crippen LogP contribution is 2.35. The summed E-state index contributed by atoms with van der Waals surface area (Å²) in [6.45, 7) is 3.10. The Kier molecular flexibility index (Phi) is 5.67. The minimum atomic E-state index is 0.0268. The highest BCUT2D eigenvalue weighted by molar-refractivity contribution is 5.79. The molecule has 1 amide bonds. The van der Waals surface area contributed by atoms with Crippen LogP contribution >= 0.6 is 0 Å². The molecule has 0 spiro atoms. The summed E-state index contributed by atoms with van der Waals surface area (Å²) < 4.78 is 0. The molecule has 2 fully saturated rings. The zero-order chi connectivity index (χ0) is 15.5. The van der Waals surface area contributed by atoms with Crippen molar-refractivity contribution >= 4 is 5.91 Å². The molecule has 4 unspecified atom stereocenters. The van der Waals surface area contributed by atoms with E-state index in [1.807, 2.05) is 0 Å². The van der Waals surface area contributed by atoms with Crippen molar-refractivity contribution in [2.24, 2.45) is 17.6 Å². The summed E-state index contributed by atoms with van der Waals surface area (Å²) in [6, 6.07) is 0.0549. The molecule has 0 aromatic heterocycles. The maximum Gasteiger partial charge on any atom is 0.224 e. The normalized spacial score (nSPS) is 37.5. The molecular formula is C17H33N3O. The fraction of sp³-hybridized carbons (Fsp3) is 0.941. The van der Waals surface area contributed by atoms with Crippen LogP contribution in [0, 0.1) is 11.8 Å². The number of nitrogens with one attached hydrogen (secondary N) is 1. The Bertz CT molecular complexity index is 358. The van der Waals surface area contributed by atoms with Gasteiger partial charge in [0.15, 0.2) is 0 Å². The molecule has 2 saturated carbocycles. The van der Waals surface area contributed by atoms with Crippen molar-refractivity contribution in [3.8, 4) is 0 Å². The van der Waals surface area contributed by atoms with E-state index in [1.165, 1.54) is 32.1 Å².